The third-order valence-electron chi connectivity index (χ3n) is 2.04. The molecule has 1 aromatic carbocycles. The summed E-state index contributed by atoms with van der Waals surface area (Å²) in [4.78, 5) is 24.2. The van der Waals surface area contributed by atoms with E-state index < -0.39 is 10.9 Å². The van der Waals surface area contributed by atoms with Crippen LogP contribution in [0.15, 0.2) is 29.6 Å². The molecular weight excluding hydrogens is 258 g/mol. The van der Waals surface area contributed by atoms with Crippen LogP contribution in [-0.4, -0.2) is 15.9 Å². The highest BCUT2D eigenvalue weighted by Gasteiger charge is 2.06. The van der Waals surface area contributed by atoms with Crippen molar-refractivity contribution in [3.63, 3.8) is 0 Å². The van der Waals surface area contributed by atoms with Crippen LogP contribution >= 0.6 is 11.3 Å². The van der Waals surface area contributed by atoms with Crippen LogP contribution in [0.3, 0.4) is 0 Å². The Balaban J connectivity index is 2.13. The van der Waals surface area contributed by atoms with E-state index in [9.17, 15) is 20.0 Å². The number of anilines is 2. The number of nitro benzene ring substituents is 1. The lowest BCUT2D eigenvalue weighted by Gasteiger charge is -2.01. The molecule has 0 aliphatic heterocycles. The van der Waals surface area contributed by atoms with Crippen LogP contribution in [-0.2, 0) is 0 Å². The smallest absolute Gasteiger partial charge is 0.269 e. The Labute approximate surface area is 105 Å². The Morgan fingerprint density at radius 1 is 1.33 bits per heavy atom. The Bertz CT molecular complexity index is 593. The number of carbonyl (C=O) groups excluding carboxylic acids is 1. The topological polar surface area (TPSA) is 108 Å². The lowest BCUT2D eigenvalue weighted by molar-refractivity contribution is -0.384. The Morgan fingerprint density at radius 3 is 2.50 bits per heavy atom. The van der Waals surface area contributed by atoms with Gasteiger partial charge in [-0.1, -0.05) is 0 Å². The first-order chi connectivity index (χ1) is 8.56. The summed E-state index contributed by atoms with van der Waals surface area (Å²) in [7, 11) is 0. The zero-order chi connectivity index (χ0) is 13.1. The summed E-state index contributed by atoms with van der Waals surface area (Å²) < 4.78 is 0. The van der Waals surface area contributed by atoms with Gasteiger partial charge in [-0.25, -0.2) is 4.98 Å². The van der Waals surface area contributed by atoms with Crippen molar-refractivity contribution in [1.82, 2.24) is 4.98 Å². The fraction of sp³-hybridized carbons (Fsp3) is 0. The first-order valence-corrected chi connectivity index (χ1v) is 5.62. The molecule has 1 heterocycles. The van der Waals surface area contributed by atoms with Crippen LogP contribution in [0.25, 0.3) is 0 Å². The maximum absolute atomic E-state index is 10.5. The molecule has 7 nitrogen and oxygen atoms in total. The van der Waals surface area contributed by atoms with E-state index in [-0.39, 0.29) is 11.4 Å². The highest BCUT2D eigenvalue weighted by molar-refractivity contribution is 7.14. The number of carbonyl (C=O) groups is 1. The highest BCUT2D eigenvalue weighted by atomic mass is 32.1. The fourth-order valence-corrected chi connectivity index (χ4v) is 1.91. The number of non-ortho nitro benzene ring substituents is 1. The minimum absolute atomic E-state index is 0.0184. The van der Waals surface area contributed by atoms with Crippen molar-refractivity contribution >= 4 is 33.8 Å². The van der Waals surface area contributed by atoms with Gasteiger partial charge in [0.2, 0.25) is 0 Å². The van der Waals surface area contributed by atoms with E-state index in [4.69, 9.17) is 0 Å². The van der Waals surface area contributed by atoms with E-state index >= 15 is 0 Å². The average Bonchev–Trinajstić information content (AvgIpc) is 2.78. The molecule has 0 bridgehead atoms. The van der Waals surface area contributed by atoms with Crippen LogP contribution < -0.4 is 10.4 Å². The van der Waals surface area contributed by atoms with Crippen LogP contribution in [0.5, 0.6) is 0 Å². The van der Waals surface area contributed by atoms with E-state index in [0.717, 1.165) is 11.3 Å². The number of rotatable bonds is 4. The molecule has 1 aromatic heterocycles. The first-order valence-electron chi connectivity index (χ1n) is 4.74. The summed E-state index contributed by atoms with van der Waals surface area (Å²) in [5.74, 6) is -1.34. The zero-order valence-corrected chi connectivity index (χ0v) is 9.64. The molecule has 1 N–H and O–H groups in total. The molecule has 0 spiro atoms. The van der Waals surface area contributed by atoms with Gasteiger partial charge in [-0.2, -0.15) is 0 Å². The Hall–Kier alpha value is -2.48. The van der Waals surface area contributed by atoms with E-state index in [0.29, 0.717) is 10.8 Å². The molecule has 0 saturated carbocycles. The number of carboxylic acid groups (broad SMARTS) is 1. The Kier molecular flexibility index (Phi) is 3.20. The number of aromatic carboxylic acids is 1. The molecule has 0 fully saturated rings. The number of thiazole rings is 1. The maximum atomic E-state index is 10.5. The monoisotopic (exact) mass is 264 g/mol. The number of hydrogen-bond donors (Lipinski definition) is 1. The summed E-state index contributed by atoms with van der Waals surface area (Å²) in [6, 6.07) is 5.71. The van der Waals surface area contributed by atoms with Crippen molar-refractivity contribution < 1.29 is 14.8 Å². The second-order valence-corrected chi connectivity index (χ2v) is 4.11. The SMILES string of the molecule is O=C([O-])c1csc(Nc2ccc([N+](=O)[O-])cc2)n1. The minimum Gasteiger partial charge on any atom is -0.543 e. The number of hydrogen-bond acceptors (Lipinski definition) is 7. The fourth-order valence-electron chi connectivity index (χ4n) is 1.21. The predicted octanol–water partition coefficient (Wildman–Crippen LogP) is 1.16. The van der Waals surface area contributed by atoms with Gasteiger partial charge in [0.1, 0.15) is 0 Å². The number of carboxylic acids is 1. The van der Waals surface area contributed by atoms with Gasteiger partial charge in [-0.05, 0) is 12.1 Å². The third-order valence-corrected chi connectivity index (χ3v) is 2.80. The van der Waals surface area contributed by atoms with Gasteiger partial charge in [-0.15, -0.1) is 11.3 Å². The summed E-state index contributed by atoms with van der Waals surface area (Å²) >= 11 is 1.11. The normalized spacial score (nSPS) is 10.0. The van der Waals surface area contributed by atoms with Gasteiger partial charge < -0.3 is 15.2 Å². The second-order valence-electron chi connectivity index (χ2n) is 3.25. The largest absolute Gasteiger partial charge is 0.543 e. The second kappa shape index (κ2) is 4.80. The van der Waals surface area contributed by atoms with Crippen molar-refractivity contribution in [3.8, 4) is 0 Å². The van der Waals surface area contributed by atoms with Gasteiger partial charge in [0, 0.05) is 23.2 Å². The van der Waals surface area contributed by atoms with E-state index in [1.807, 2.05) is 0 Å². The van der Waals surface area contributed by atoms with Gasteiger partial charge in [0.15, 0.2) is 5.13 Å². The van der Waals surface area contributed by atoms with E-state index in [2.05, 4.69) is 10.3 Å². The number of nitro groups is 1. The molecule has 2 aromatic rings. The minimum atomic E-state index is -1.34. The van der Waals surface area contributed by atoms with E-state index in [1.165, 1.54) is 29.6 Å². The zero-order valence-electron chi connectivity index (χ0n) is 8.82. The highest BCUT2D eigenvalue weighted by Crippen LogP contribution is 2.22. The van der Waals surface area contributed by atoms with Gasteiger partial charge in [0.05, 0.1) is 16.6 Å². The molecule has 0 atom stereocenters. The lowest BCUT2D eigenvalue weighted by Crippen LogP contribution is -2.22. The molecule has 0 unspecified atom stereocenters. The molecule has 92 valence electrons. The molecule has 0 radical (unpaired) electrons. The molecule has 0 aliphatic carbocycles. The summed E-state index contributed by atoms with van der Waals surface area (Å²) in [5.41, 5.74) is 0.416. The first kappa shape index (κ1) is 12.0. The summed E-state index contributed by atoms with van der Waals surface area (Å²) in [5, 5.41) is 25.5. The van der Waals surface area contributed by atoms with Crippen LogP contribution in [0.1, 0.15) is 10.5 Å². The number of benzene rings is 1. The van der Waals surface area contributed by atoms with Crippen molar-refractivity contribution in [3.05, 3.63) is 45.5 Å². The quantitative estimate of drug-likeness (QED) is 0.655. The Morgan fingerprint density at radius 2 is 2.00 bits per heavy atom. The molecule has 2 rings (SSSR count). The maximum Gasteiger partial charge on any atom is 0.269 e. The summed E-state index contributed by atoms with van der Waals surface area (Å²) in [6.45, 7) is 0. The van der Waals surface area contributed by atoms with Gasteiger partial charge >= 0.3 is 0 Å². The standard InChI is InChI=1S/C10H7N3O4S/c14-9(15)8-5-18-10(12-8)11-6-1-3-7(4-2-6)13(16)17/h1-5H,(H,11,12)(H,14,15)/p-1. The van der Waals surface area contributed by atoms with Crippen molar-refractivity contribution in [2.24, 2.45) is 0 Å². The van der Waals surface area contributed by atoms with Gasteiger partial charge in [-0.3, -0.25) is 10.1 Å². The number of nitrogens with one attached hydrogen (secondary N) is 1. The van der Waals surface area contributed by atoms with Crippen LogP contribution in [0.2, 0.25) is 0 Å². The van der Waals surface area contributed by atoms with Crippen LogP contribution in [0, 0.1) is 10.1 Å². The molecule has 18 heavy (non-hydrogen) atoms. The molecule has 0 amide bonds. The summed E-state index contributed by atoms with van der Waals surface area (Å²) in [6.07, 6.45) is 0. The van der Waals surface area contributed by atoms with Crippen LogP contribution in [0.4, 0.5) is 16.5 Å². The molecule has 0 aliphatic rings. The predicted molar refractivity (Wildman–Crippen MR) is 62.8 cm³/mol. The molecule has 0 saturated heterocycles. The van der Waals surface area contributed by atoms with Crippen molar-refractivity contribution in [2.75, 3.05) is 5.32 Å². The van der Waals surface area contributed by atoms with Crippen molar-refractivity contribution in [2.45, 2.75) is 0 Å². The lowest BCUT2D eigenvalue weighted by atomic mass is 10.3. The number of nitrogens with zero attached hydrogens (tertiary/aromatic N) is 2. The molecule has 8 heteroatoms. The average molecular weight is 264 g/mol. The van der Waals surface area contributed by atoms with E-state index in [1.54, 1.807) is 0 Å². The molecular formula is C10H6N3O4S-. The number of aromatic nitrogens is 1. The van der Waals surface area contributed by atoms with Crippen molar-refractivity contribution in [1.29, 1.82) is 0 Å². The van der Waals surface area contributed by atoms with Gasteiger partial charge in [0.25, 0.3) is 5.69 Å². The third kappa shape index (κ3) is 2.61.